The molecule has 0 atom stereocenters. The van der Waals surface area contributed by atoms with Gasteiger partial charge >= 0.3 is 6.18 Å². The van der Waals surface area contributed by atoms with Crippen molar-refractivity contribution in [2.75, 3.05) is 37.2 Å². The Bertz CT molecular complexity index is 452. The zero-order valence-electron chi connectivity index (χ0n) is 12.0. The molecule has 0 saturated carbocycles. The highest BCUT2D eigenvalue weighted by molar-refractivity contribution is 5.58. The molecule has 21 heavy (non-hydrogen) atoms. The van der Waals surface area contributed by atoms with Crippen LogP contribution in [-0.2, 0) is 6.18 Å². The molecule has 1 aromatic carbocycles. The van der Waals surface area contributed by atoms with E-state index in [1.54, 1.807) is 6.07 Å². The van der Waals surface area contributed by atoms with Gasteiger partial charge in [0.15, 0.2) is 0 Å². The number of hydrogen-bond acceptors (Lipinski definition) is 3. The molecule has 3 N–H and O–H groups in total. The molecule has 2 rings (SSSR count). The second-order valence-corrected chi connectivity index (χ2v) is 5.48. The van der Waals surface area contributed by atoms with Crippen molar-refractivity contribution in [3.8, 4) is 0 Å². The molecule has 6 heteroatoms. The van der Waals surface area contributed by atoms with Gasteiger partial charge in [-0.05, 0) is 44.1 Å². The Kier molecular flexibility index (Phi) is 5.33. The molecule has 0 amide bonds. The predicted molar refractivity (Wildman–Crippen MR) is 79.3 cm³/mol. The zero-order chi connectivity index (χ0) is 15.3. The fraction of sp³-hybridized carbons (Fsp3) is 0.600. The maximum Gasteiger partial charge on any atom is 0.418 e. The van der Waals surface area contributed by atoms with E-state index in [0.29, 0.717) is 12.2 Å². The van der Waals surface area contributed by atoms with Crippen molar-refractivity contribution in [3.05, 3.63) is 23.8 Å². The van der Waals surface area contributed by atoms with E-state index in [-0.39, 0.29) is 5.69 Å². The summed E-state index contributed by atoms with van der Waals surface area (Å²) < 4.78 is 38.3. The Morgan fingerprint density at radius 3 is 2.38 bits per heavy atom. The standard InChI is InChI=1S/C15H22F3N3/c16-15(17,18)13-11-12(5-6-14(13)19)20-7-10-21-8-3-1-2-4-9-21/h5-6,11,20H,1-4,7-10,19H2. The van der Waals surface area contributed by atoms with Crippen LogP contribution in [0.15, 0.2) is 18.2 Å². The van der Waals surface area contributed by atoms with Crippen molar-refractivity contribution in [1.29, 1.82) is 0 Å². The van der Waals surface area contributed by atoms with Crippen LogP contribution in [0.5, 0.6) is 0 Å². The van der Waals surface area contributed by atoms with E-state index < -0.39 is 11.7 Å². The molecular weight excluding hydrogens is 279 g/mol. The van der Waals surface area contributed by atoms with Crippen molar-refractivity contribution in [2.45, 2.75) is 31.9 Å². The molecule has 0 aromatic heterocycles. The summed E-state index contributed by atoms with van der Waals surface area (Å²) in [6, 6.07) is 3.97. The van der Waals surface area contributed by atoms with E-state index in [1.165, 1.54) is 31.7 Å². The second kappa shape index (κ2) is 7.02. The van der Waals surface area contributed by atoms with E-state index >= 15 is 0 Å². The fourth-order valence-electron chi connectivity index (χ4n) is 2.63. The molecule has 0 radical (unpaired) electrons. The Morgan fingerprint density at radius 1 is 1.10 bits per heavy atom. The number of hydrogen-bond donors (Lipinski definition) is 2. The fourth-order valence-corrected chi connectivity index (χ4v) is 2.63. The zero-order valence-corrected chi connectivity index (χ0v) is 12.0. The minimum Gasteiger partial charge on any atom is -0.398 e. The van der Waals surface area contributed by atoms with Gasteiger partial charge in [0.2, 0.25) is 0 Å². The van der Waals surface area contributed by atoms with E-state index in [2.05, 4.69) is 10.2 Å². The monoisotopic (exact) mass is 301 g/mol. The Morgan fingerprint density at radius 2 is 1.76 bits per heavy atom. The summed E-state index contributed by atoms with van der Waals surface area (Å²) in [5.74, 6) is 0. The van der Waals surface area contributed by atoms with Gasteiger partial charge in [-0.15, -0.1) is 0 Å². The third kappa shape index (κ3) is 4.81. The minimum absolute atomic E-state index is 0.236. The lowest BCUT2D eigenvalue weighted by Gasteiger charge is -2.20. The van der Waals surface area contributed by atoms with E-state index in [0.717, 1.165) is 25.7 Å². The first-order valence-corrected chi connectivity index (χ1v) is 7.40. The quantitative estimate of drug-likeness (QED) is 0.835. The number of alkyl halides is 3. The summed E-state index contributed by atoms with van der Waals surface area (Å²) >= 11 is 0. The van der Waals surface area contributed by atoms with E-state index in [4.69, 9.17) is 5.73 Å². The highest BCUT2D eigenvalue weighted by Crippen LogP contribution is 2.35. The van der Waals surface area contributed by atoms with Crippen LogP contribution in [0, 0.1) is 0 Å². The molecule has 3 nitrogen and oxygen atoms in total. The van der Waals surface area contributed by atoms with Crippen LogP contribution in [0.1, 0.15) is 31.2 Å². The highest BCUT2D eigenvalue weighted by Gasteiger charge is 2.33. The molecule has 1 saturated heterocycles. The van der Waals surface area contributed by atoms with Crippen molar-refractivity contribution in [2.24, 2.45) is 0 Å². The first-order chi connectivity index (χ1) is 9.97. The molecule has 1 fully saturated rings. The molecule has 118 valence electrons. The normalized spacial score (nSPS) is 17.5. The van der Waals surface area contributed by atoms with Crippen LogP contribution in [0.3, 0.4) is 0 Å². The SMILES string of the molecule is Nc1ccc(NCCN2CCCCCC2)cc1C(F)(F)F. The first-order valence-electron chi connectivity index (χ1n) is 7.40. The topological polar surface area (TPSA) is 41.3 Å². The van der Waals surface area contributed by atoms with Gasteiger partial charge in [0.1, 0.15) is 0 Å². The third-order valence-corrected chi connectivity index (χ3v) is 3.81. The van der Waals surface area contributed by atoms with E-state index in [9.17, 15) is 13.2 Å². The maximum atomic E-state index is 12.8. The summed E-state index contributed by atoms with van der Waals surface area (Å²) in [6.07, 6.45) is 0.556. The number of anilines is 2. The molecule has 1 aliphatic rings. The van der Waals surface area contributed by atoms with Gasteiger partial charge < -0.3 is 16.0 Å². The number of nitrogen functional groups attached to an aromatic ring is 1. The van der Waals surface area contributed by atoms with Gasteiger partial charge in [0, 0.05) is 24.5 Å². The number of nitrogens with one attached hydrogen (secondary N) is 1. The summed E-state index contributed by atoms with van der Waals surface area (Å²) in [5, 5.41) is 3.05. The first kappa shape index (κ1) is 15.9. The lowest BCUT2D eigenvalue weighted by atomic mass is 10.1. The third-order valence-electron chi connectivity index (χ3n) is 3.81. The van der Waals surface area contributed by atoms with Crippen LogP contribution in [0.2, 0.25) is 0 Å². The molecule has 0 aliphatic carbocycles. The molecule has 1 aromatic rings. The Labute approximate surface area is 123 Å². The lowest BCUT2D eigenvalue weighted by molar-refractivity contribution is -0.136. The van der Waals surface area contributed by atoms with Gasteiger partial charge in [-0.1, -0.05) is 12.8 Å². The highest BCUT2D eigenvalue weighted by atomic mass is 19.4. The van der Waals surface area contributed by atoms with Crippen molar-refractivity contribution >= 4 is 11.4 Å². The minimum atomic E-state index is -4.41. The average Bonchev–Trinajstić information content (AvgIpc) is 2.68. The number of nitrogens with two attached hydrogens (primary N) is 1. The van der Waals surface area contributed by atoms with Gasteiger partial charge in [0.05, 0.1) is 5.56 Å². The number of benzene rings is 1. The van der Waals surface area contributed by atoms with Gasteiger partial charge in [-0.25, -0.2) is 0 Å². The van der Waals surface area contributed by atoms with Crippen molar-refractivity contribution in [1.82, 2.24) is 4.90 Å². The van der Waals surface area contributed by atoms with Gasteiger partial charge in [-0.3, -0.25) is 0 Å². The average molecular weight is 301 g/mol. The smallest absolute Gasteiger partial charge is 0.398 e. The lowest BCUT2D eigenvalue weighted by Crippen LogP contribution is -2.30. The van der Waals surface area contributed by atoms with Crippen molar-refractivity contribution < 1.29 is 13.2 Å². The molecular formula is C15H22F3N3. The Balaban J connectivity index is 1.88. The van der Waals surface area contributed by atoms with Crippen molar-refractivity contribution in [3.63, 3.8) is 0 Å². The molecule has 0 spiro atoms. The van der Waals surface area contributed by atoms with Gasteiger partial charge in [-0.2, -0.15) is 13.2 Å². The van der Waals surface area contributed by atoms with Crippen LogP contribution >= 0.6 is 0 Å². The second-order valence-electron chi connectivity index (χ2n) is 5.48. The molecule has 1 heterocycles. The van der Waals surface area contributed by atoms with E-state index in [1.807, 2.05) is 0 Å². The van der Waals surface area contributed by atoms with Crippen LogP contribution in [0.25, 0.3) is 0 Å². The summed E-state index contributed by atoms with van der Waals surface area (Å²) in [4.78, 5) is 2.36. The number of rotatable bonds is 4. The van der Waals surface area contributed by atoms with Crippen LogP contribution < -0.4 is 11.1 Å². The van der Waals surface area contributed by atoms with Crippen LogP contribution in [0.4, 0.5) is 24.5 Å². The Hall–Kier alpha value is -1.43. The maximum absolute atomic E-state index is 12.8. The predicted octanol–water partition coefficient (Wildman–Crippen LogP) is 3.58. The summed E-state index contributed by atoms with van der Waals surface area (Å²) in [5.41, 5.74) is 4.84. The number of nitrogens with zero attached hydrogens (tertiary/aromatic N) is 1. The molecule has 0 unspecified atom stereocenters. The summed E-state index contributed by atoms with van der Waals surface area (Å²) in [7, 11) is 0. The molecule has 1 aliphatic heterocycles. The molecule has 0 bridgehead atoms. The van der Waals surface area contributed by atoms with Crippen LogP contribution in [-0.4, -0.2) is 31.1 Å². The largest absolute Gasteiger partial charge is 0.418 e. The number of likely N-dealkylation sites (tertiary alicyclic amines) is 1. The van der Waals surface area contributed by atoms with Gasteiger partial charge in [0.25, 0.3) is 0 Å². The number of halogens is 3. The summed E-state index contributed by atoms with van der Waals surface area (Å²) in [6.45, 7) is 3.65.